The van der Waals surface area contributed by atoms with Gasteiger partial charge in [-0.25, -0.2) is 13.6 Å². The highest BCUT2D eigenvalue weighted by Gasteiger charge is 2.31. The third-order valence-electron chi connectivity index (χ3n) is 5.67. The topological polar surface area (TPSA) is 85.0 Å². The summed E-state index contributed by atoms with van der Waals surface area (Å²) in [6.45, 7) is 1.27. The van der Waals surface area contributed by atoms with Crippen LogP contribution in [0, 0.1) is 11.6 Å². The molecule has 3 rings (SSSR count). The van der Waals surface area contributed by atoms with E-state index in [9.17, 15) is 22.0 Å². The van der Waals surface area contributed by atoms with Crippen molar-refractivity contribution in [2.24, 2.45) is 0 Å². The van der Waals surface area contributed by atoms with Gasteiger partial charge < -0.3 is 15.5 Å². The molecule has 1 heterocycles. The van der Waals surface area contributed by atoms with Gasteiger partial charge in [-0.2, -0.15) is 17.0 Å². The predicted molar refractivity (Wildman–Crippen MR) is 124 cm³/mol. The van der Waals surface area contributed by atoms with Crippen LogP contribution >= 0.6 is 0 Å². The Morgan fingerprint density at radius 1 is 1.03 bits per heavy atom. The standard InChI is InChI=1S/C22H29F2N5O3S/c1-27(2)33(31,32)28(3)20-8-10-29(11-9-20)21-13-16(12-18(24)14-21)15-25-22(30)26-19-6-4-17(23)5-7-19/h4-7,12-14,20H,8-11,15H2,1-3H3,(H2,25,26,30). The minimum atomic E-state index is -3.49. The van der Waals surface area contributed by atoms with E-state index in [4.69, 9.17) is 0 Å². The summed E-state index contributed by atoms with van der Waals surface area (Å²) in [5.41, 5.74) is 1.72. The molecule has 0 aromatic heterocycles. The van der Waals surface area contributed by atoms with Gasteiger partial charge in [0.05, 0.1) is 0 Å². The third-order valence-corrected chi connectivity index (χ3v) is 7.62. The summed E-state index contributed by atoms with van der Waals surface area (Å²) in [5, 5.41) is 5.25. The summed E-state index contributed by atoms with van der Waals surface area (Å²) in [5.74, 6) is -0.819. The van der Waals surface area contributed by atoms with Crippen LogP contribution in [0.4, 0.5) is 25.0 Å². The second-order valence-electron chi connectivity index (χ2n) is 8.16. The summed E-state index contributed by atoms with van der Waals surface area (Å²) in [7, 11) is 1.10. The van der Waals surface area contributed by atoms with Gasteiger partial charge in [0.2, 0.25) is 0 Å². The fraction of sp³-hybridized carbons (Fsp3) is 0.409. The van der Waals surface area contributed by atoms with Gasteiger partial charge in [0.15, 0.2) is 0 Å². The first-order chi connectivity index (χ1) is 15.6. The highest BCUT2D eigenvalue weighted by atomic mass is 32.2. The average Bonchev–Trinajstić information content (AvgIpc) is 2.78. The Morgan fingerprint density at radius 3 is 2.27 bits per heavy atom. The summed E-state index contributed by atoms with van der Waals surface area (Å²) in [4.78, 5) is 14.1. The maximum atomic E-state index is 14.3. The molecule has 1 aliphatic rings. The first kappa shape index (κ1) is 24.9. The quantitative estimate of drug-likeness (QED) is 0.637. The molecule has 1 saturated heterocycles. The molecule has 2 aromatic carbocycles. The molecular weight excluding hydrogens is 452 g/mol. The number of carbonyl (C=O) groups excluding carboxylic acids is 1. The van der Waals surface area contributed by atoms with E-state index in [-0.39, 0.29) is 12.6 Å². The maximum absolute atomic E-state index is 14.3. The molecule has 2 N–H and O–H groups in total. The Kier molecular flexibility index (Phi) is 7.88. The summed E-state index contributed by atoms with van der Waals surface area (Å²) >= 11 is 0. The second-order valence-corrected chi connectivity index (χ2v) is 10.4. The van der Waals surface area contributed by atoms with E-state index in [0.29, 0.717) is 42.9 Å². The molecule has 0 bridgehead atoms. The molecule has 0 aliphatic carbocycles. The lowest BCUT2D eigenvalue weighted by Gasteiger charge is -2.38. The lowest BCUT2D eigenvalue weighted by Crippen LogP contribution is -2.48. The molecule has 33 heavy (non-hydrogen) atoms. The number of nitrogens with one attached hydrogen (secondary N) is 2. The number of rotatable bonds is 7. The average molecular weight is 482 g/mol. The van der Waals surface area contributed by atoms with E-state index in [1.807, 2.05) is 11.0 Å². The van der Waals surface area contributed by atoms with Crippen LogP contribution in [-0.4, -0.2) is 63.3 Å². The molecule has 2 amide bonds. The summed E-state index contributed by atoms with van der Waals surface area (Å²) < 4.78 is 54.5. The van der Waals surface area contributed by atoms with Gasteiger partial charge in [0, 0.05) is 58.2 Å². The smallest absolute Gasteiger partial charge is 0.319 e. The molecule has 8 nitrogen and oxygen atoms in total. The van der Waals surface area contributed by atoms with Gasteiger partial charge in [-0.3, -0.25) is 0 Å². The molecule has 0 radical (unpaired) electrons. The monoisotopic (exact) mass is 481 g/mol. The molecule has 1 aliphatic heterocycles. The van der Waals surface area contributed by atoms with Crippen LogP contribution in [0.2, 0.25) is 0 Å². The van der Waals surface area contributed by atoms with Gasteiger partial charge in [0.1, 0.15) is 11.6 Å². The first-order valence-electron chi connectivity index (χ1n) is 10.6. The molecule has 180 valence electrons. The van der Waals surface area contributed by atoms with Crippen LogP contribution in [-0.2, 0) is 16.8 Å². The number of benzene rings is 2. The van der Waals surface area contributed by atoms with Crippen molar-refractivity contribution in [1.29, 1.82) is 0 Å². The fourth-order valence-electron chi connectivity index (χ4n) is 3.74. The third kappa shape index (κ3) is 6.40. The lowest BCUT2D eigenvalue weighted by molar-refractivity contribution is 0.251. The minimum Gasteiger partial charge on any atom is -0.371 e. The van der Waals surface area contributed by atoms with Crippen LogP contribution in [0.1, 0.15) is 18.4 Å². The number of hydrogen-bond acceptors (Lipinski definition) is 4. The molecule has 0 spiro atoms. The van der Waals surface area contributed by atoms with E-state index < -0.39 is 27.9 Å². The molecule has 0 atom stereocenters. The number of anilines is 2. The molecule has 0 unspecified atom stereocenters. The van der Waals surface area contributed by atoms with E-state index in [1.165, 1.54) is 59.1 Å². The Bertz CT molecular complexity index is 1070. The number of piperidine rings is 1. The van der Waals surface area contributed by atoms with E-state index in [1.54, 1.807) is 7.05 Å². The largest absolute Gasteiger partial charge is 0.371 e. The number of hydrogen-bond donors (Lipinski definition) is 2. The van der Waals surface area contributed by atoms with Crippen molar-refractivity contribution in [3.8, 4) is 0 Å². The second kappa shape index (κ2) is 10.4. The van der Waals surface area contributed by atoms with Crippen LogP contribution in [0.3, 0.4) is 0 Å². The van der Waals surface area contributed by atoms with Crippen molar-refractivity contribution < 1.29 is 22.0 Å². The van der Waals surface area contributed by atoms with Crippen molar-refractivity contribution in [2.45, 2.75) is 25.4 Å². The molecule has 2 aromatic rings. The van der Waals surface area contributed by atoms with E-state index >= 15 is 0 Å². The van der Waals surface area contributed by atoms with Gasteiger partial charge in [-0.15, -0.1) is 0 Å². The van der Waals surface area contributed by atoms with Crippen molar-refractivity contribution in [3.05, 3.63) is 59.7 Å². The van der Waals surface area contributed by atoms with Crippen LogP contribution in [0.5, 0.6) is 0 Å². The number of carbonyl (C=O) groups is 1. The first-order valence-corrected chi connectivity index (χ1v) is 12.0. The van der Waals surface area contributed by atoms with Gasteiger partial charge in [0.25, 0.3) is 10.2 Å². The lowest BCUT2D eigenvalue weighted by atomic mass is 10.0. The van der Waals surface area contributed by atoms with Gasteiger partial charge >= 0.3 is 6.03 Å². The van der Waals surface area contributed by atoms with Crippen molar-refractivity contribution in [1.82, 2.24) is 13.9 Å². The number of halogens is 2. The molecule has 11 heteroatoms. The Morgan fingerprint density at radius 2 is 1.67 bits per heavy atom. The predicted octanol–water partition coefficient (Wildman–Crippen LogP) is 2.99. The number of nitrogens with zero attached hydrogens (tertiary/aromatic N) is 3. The zero-order valence-electron chi connectivity index (χ0n) is 18.9. The molecule has 1 fully saturated rings. The van der Waals surface area contributed by atoms with Crippen molar-refractivity contribution >= 4 is 27.6 Å². The SMILES string of the molecule is CN(C)S(=O)(=O)N(C)C1CCN(c2cc(F)cc(CNC(=O)Nc3ccc(F)cc3)c2)CC1. The van der Waals surface area contributed by atoms with Crippen LogP contribution in [0.15, 0.2) is 42.5 Å². The van der Waals surface area contributed by atoms with E-state index in [2.05, 4.69) is 10.6 Å². The van der Waals surface area contributed by atoms with Crippen LogP contribution in [0.25, 0.3) is 0 Å². The van der Waals surface area contributed by atoms with Crippen LogP contribution < -0.4 is 15.5 Å². The van der Waals surface area contributed by atoms with Gasteiger partial charge in [-0.05, 0) is 60.9 Å². The number of amides is 2. The fourth-order valence-corrected chi connectivity index (χ4v) is 4.85. The Labute approximate surface area is 193 Å². The molecular formula is C22H29F2N5O3S. The van der Waals surface area contributed by atoms with Crippen molar-refractivity contribution in [3.63, 3.8) is 0 Å². The number of urea groups is 1. The maximum Gasteiger partial charge on any atom is 0.319 e. The normalized spacial score (nSPS) is 15.2. The Hall–Kier alpha value is -2.76. The summed E-state index contributed by atoms with van der Waals surface area (Å²) in [6, 6.07) is 9.35. The zero-order chi connectivity index (χ0) is 24.2. The van der Waals surface area contributed by atoms with Crippen molar-refractivity contribution in [2.75, 3.05) is 44.4 Å². The Balaban J connectivity index is 1.58. The molecule has 0 saturated carbocycles. The highest BCUT2D eigenvalue weighted by molar-refractivity contribution is 7.86. The van der Waals surface area contributed by atoms with E-state index in [0.717, 1.165) is 0 Å². The highest BCUT2D eigenvalue weighted by Crippen LogP contribution is 2.25. The van der Waals surface area contributed by atoms with Gasteiger partial charge in [-0.1, -0.05) is 0 Å². The zero-order valence-corrected chi connectivity index (χ0v) is 19.7. The minimum absolute atomic E-state index is 0.109. The summed E-state index contributed by atoms with van der Waals surface area (Å²) in [6.07, 6.45) is 1.24.